The van der Waals surface area contributed by atoms with Gasteiger partial charge in [-0.1, -0.05) is 0 Å². The number of halogens is 1. The molecule has 0 spiro atoms. The maximum atomic E-state index is 13.1. The van der Waals surface area contributed by atoms with Gasteiger partial charge in [-0.2, -0.15) is 0 Å². The minimum Gasteiger partial charge on any atom is -0.491 e. The third-order valence-corrected chi connectivity index (χ3v) is 3.23. The molecule has 0 aromatic heterocycles. The zero-order valence-corrected chi connectivity index (χ0v) is 14.6. The van der Waals surface area contributed by atoms with Crippen molar-refractivity contribution in [3.05, 3.63) is 64.0 Å². The van der Waals surface area contributed by atoms with E-state index in [9.17, 15) is 24.1 Å². The van der Waals surface area contributed by atoms with Crippen LogP contribution >= 0.6 is 0 Å². The lowest BCUT2D eigenvalue weighted by atomic mass is 10.2. The molecule has 0 heterocycles. The van der Waals surface area contributed by atoms with E-state index in [0.717, 1.165) is 12.1 Å². The lowest BCUT2D eigenvalue weighted by molar-refractivity contribution is -0.384. The largest absolute Gasteiger partial charge is 0.491 e. The molecular weight excluding hydrogens is 359 g/mol. The van der Waals surface area contributed by atoms with E-state index in [-0.39, 0.29) is 17.4 Å². The molecule has 27 heavy (non-hydrogen) atoms. The fraction of sp³-hybridized carbons (Fsp3) is 0.222. The van der Waals surface area contributed by atoms with Crippen LogP contribution in [0.1, 0.15) is 24.2 Å². The molecule has 0 unspecified atom stereocenters. The van der Waals surface area contributed by atoms with E-state index in [1.165, 1.54) is 12.1 Å². The van der Waals surface area contributed by atoms with Gasteiger partial charge in [0, 0.05) is 0 Å². The summed E-state index contributed by atoms with van der Waals surface area (Å²) in [6, 6.07) is 8.88. The number of esters is 1. The molecule has 1 amide bonds. The number of nitrogens with one attached hydrogen (secondary N) is 1. The second-order valence-electron chi connectivity index (χ2n) is 5.73. The number of hydrogen-bond donors (Lipinski definition) is 1. The van der Waals surface area contributed by atoms with E-state index < -0.39 is 34.9 Å². The number of anilines is 1. The van der Waals surface area contributed by atoms with Crippen molar-refractivity contribution >= 4 is 23.3 Å². The lowest BCUT2D eigenvalue weighted by Gasteiger charge is -2.10. The molecule has 8 nitrogen and oxygen atoms in total. The fourth-order valence-electron chi connectivity index (χ4n) is 2.10. The second-order valence-corrected chi connectivity index (χ2v) is 5.73. The molecule has 0 saturated carbocycles. The van der Waals surface area contributed by atoms with Gasteiger partial charge in [0.15, 0.2) is 6.61 Å². The monoisotopic (exact) mass is 376 g/mol. The van der Waals surface area contributed by atoms with Crippen molar-refractivity contribution in [1.82, 2.24) is 0 Å². The number of carbonyl (C=O) groups is 2. The Balaban J connectivity index is 1.94. The molecule has 9 heteroatoms. The second kappa shape index (κ2) is 8.75. The van der Waals surface area contributed by atoms with Crippen molar-refractivity contribution in [3.63, 3.8) is 0 Å². The van der Waals surface area contributed by atoms with Crippen molar-refractivity contribution in [2.24, 2.45) is 0 Å². The molecule has 0 aliphatic heterocycles. The van der Waals surface area contributed by atoms with Gasteiger partial charge in [0.05, 0.1) is 22.7 Å². The fourth-order valence-corrected chi connectivity index (χ4v) is 2.10. The van der Waals surface area contributed by atoms with Gasteiger partial charge >= 0.3 is 5.97 Å². The van der Waals surface area contributed by atoms with Crippen molar-refractivity contribution in [2.75, 3.05) is 11.9 Å². The highest BCUT2D eigenvalue weighted by Gasteiger charge is 2.18. The Morgan fingerprint density at radius 2 is 1.85 bits per heavy atom. The van der Waals surface area contributed by atoms with Crippen molar-refractivity contribution in [1.29, 1.82) is 0 Å². The Hall–Kier alpha value is -3.49. The third kappa shape index (κ3) is 5.77. The van der Waals surface area contributed by atoms with Crippen LogP contribution in [0.5, 0.6) is 5.75 Å². The predicted molar refractivity (Wildman–Crippen MR) is 94.2 cm³/mol. The molecule has 2 aromatic carbocycles. The lowest BCUT2D eigenvalue weighted by Crippen LogP contribution is -2.21. The summed E-state index contributed by atoms with van der Waals surface area (Å²) >= 11 is 0. The van der Waals surface area contributed by atoms with Crippen LogP contribution in [0.4, 0.5) is 15.8 Å². The summed E-state index contributed by atoms with van der Waals surface area (Å²) in [5.41, 5.74) is -0.584. The first kappa shape index (κ1) is 19.8. The summed E-state index contributed by atoms with van der Waals surface area (Å²) in [5.74, 6) is -1.76. The summed E-state index contributed by atoms with van der Waals surface area (Å²) in [6.45, 7) is 3.08. The minimum atomic E-state index is -0.828. The zero-order chi connectivity index (χ0) is 20.0. The number of rotatable bonds is 7. The molecule has 0 aliphatic rings. The van der Waals surface area contributed by atoms with Gasteiger partial charge in [-0.3, -0.25) is 14.9 Å². The van der Waals surface area contributed by atoms with Crippen LogP contribution in [0.25, 0.3) is 0 Å². The first-order chi connectivity index (χ1) is 12.8. The maximum Gasteiger partial charge on any atom is 0.338 e. The van der Waals surface area contributed by atoms with Crippen molar-refractivity contribution in [3.8, 4) is 5.75 Å². The molecule has 0 aliphatic carbocycles. The molecule has 2 aromatic rings. The quantitative estimate of drug-likeness (QED) is 0.451. The predicted octanol–water partition coefficient (Wildman–Crippen LogP) is 3.32. The SMILES string of the molecule is CC(C)Oc1ccc(C(=O)OCC(=O)Nc2ccc(F)cc2[N+](=O)[O-])cc1. The summed E-state index contributed by atoms with van der Waals surface area (Å²) in [5, 5.41) is 13.1. The summed E-state index contributed by atoms with van der Waals surface area (Å²) in [6.07, 6.45) is -0.0120. The molecule has 0 bridgehead atoms. The van der Waals surface area contributed by atoms with E-state index in [1.807, 2.05) is 13.8 Å². The van der Waals surface area contributed by atoms with Crippen LogP contribution in [0.15, 0.2) is 42.5 Å². The van der Waals surface area contributed by atoms with Crippen LogP contribution < -0.4 is 10.1 Å². The first-order valence-electron chi connectivity index (χ1n) is 7.94. The van der Waals surface area contributed by atoms with Gasteiger partial charge in [0.1, 0.15) is 17.3 Å². The van der Waals surface area contributed by atoms with Crippen LogP contribution in [0, 0.1) is 15.9 Å². The van der Waals surface area contributed by atoms with Crippen LogP contribution in [-0.4, -0.2) is 29.5 Å². The summed E-state index contributed by atoms with van der Waals surface area (Å²) < 4.78 is 23.4. The maximum absolute atomic E-state index is 13.1. The first-order valence-corrected chi connectivity index (χ1v) is 7.94. The standard InChI is InChI=1S/C18H17FN2O6/c1-11(2)27-14-6-3-12(4-7-14)18(23)26-10-17(22)20-15-8-5-13(19)9-16(15)21(24)25/h3-9,11H,10H2,1-2H3,(H,20,22). The van der Waals surface area contributed by atoms with E-state index in [2.05, 4.69) is 5.32 Å². The Morgan fingerprint density at radius 1 is 1.19 bits per heavy atom. The highest BCUT2D eigenvalue weighted by atomic mass is 19.1. The highest BCUT2D eigenvalue weighted by Crippen LogP contribution is 2.24. The average molecular weight is 376 g/mol. The van der Waals surface area contributed by atoms with E-state index in [0.29, 0.717) is 11.8 Å². The smallest absolute Gasteiger partial charge is 0.338 e. The number of nitrogens with zero attached hydrogens (tertiary/aromatic N) is 1. The van der Waals surface area contributed by atoms with Crippen LogP contribution in [0.3, 0.4) is 0 Å². The van der Waals surface area contributed by atoms with Crippen molar-refractivity contribution in [2.45, 2.75) is 20.0 Å². The number of nitro groups is 1. The Bertz CT molecular complexity index is 851. The molecule has 0 radical (unpaired) electrons. The number of benzene rings is 2. The van der Waals surface area contributed by atoms with Gasteiger partial charge in [-0.05, 0) is 50.2 Å². The number of ether oxygens (including phenoxy) is 2. The van der Waals surface area contributed by atoms with Gasteiger partial charge in [0.25, 0.3) is 11.6 Å². The minimum absolute atomic E-state index is 0.0120. The number of hydrogen-bond acceptors (Lipinski definition) is 6. The average Bonchev–Trinajstić information content (AvgIpc) is 2.61. The molecule has 142 valence electrons. The van der Waals surface area contributed by atoms with E-state index >= 15 is 0 Å². The topological polar surface area (TPSA) is 108 Å². The van der Waals surface area contributed by atoms with Crippen LogP contribution in [0.2, 0.25) is 0 Å². The molecule has 0 fully saturated rings. The summed E-state index contributed by atoms with van der Waals surface area (Å²) in [4.78, 5) is 33.9. The number of carbonyl (C=O) groups excluding carboxylic acids is 2. The molecule has 0 saturated heterocycles. The molecule has 1 N–H and O–H groups in total. The Kier molecular flexibility index (Phi) is 6.42. The number of nitro benzene ring substituents is 1. The van der Waals surface area contributed by atoms with Gasteiger partial charge < -0.3 is 14.8 Å². The molecular formula is C18H17FN2O6. The number of amides is 1. The molecule has 0 atom stereocenters. The van der Waals surface area contributed by atoms with Crippen LogP contribution in [-0.2, 0) is 9.53 Å². The van der Waals surface area contributed by atoms with Gasteiger partial charge in [-0.15, -0.1) is 0 Å². The van der Waals surface area contributed by atoms with Gasteiger partial charge in [-0.25, -0.2) is 9.18 Å². The zero-order valence-electron chi connectivity index (χ0n) is 14.6. The third-order valence-electron chi connectivity index (χ3n) is 3.23. The van der Waals surface area contributed by atoms with Gasteiger partial charge in [0.2, 0.25) is 0 Å². The van der Waals surface area contributed by atoms with E-state index in [1.54, 1.807) is 12.1 Å². The van der Waals surface area contributed by atoms with E-state index in [4.69, 9.17) is 9.47 Å². The van der Waals surface area contributed by atoms with Crippen molar-refractivity contribution < 1.29 is 28.4 Å². The summed E-state index contributed by atoms with van der Waals surface area (Å²) in [7, 11) is 0. The molecule has 2 rings (SSSR count). The Morgan fingerprint density at radius 3 is 2.44 bits per heavy atom. The normalized spacial score (nSPS) is 10.4. The highest BCUT2D eigenvalue weighted by molar-refractivity contribution is 5.96. The Labute approximate surface area is 154 Å².